The second-order valence-electron chi connectivity index (χ2n) is 4.10. The number of carbonyl (C=O) groups is 1. The molecule has 0 spiro atoms. The lowest BCUT2D eigenvalue weighted by Crippen LogP contribution is -2.05. The maximum atomic E-state index is 11.8. The van der Waals surface area contributed by atoms with Gasteiger partial charge in [0.25, 0.3) is 0 Å². The van der Waals surface area contributed by atoms with E-state index in [4.69, 9.17) is 4.74 Å². The number of aromatic hydroxyl groups is 1. The second kappa shape index (κ2) is 5.52. The summed E-state index contributed by atoms with van der Waals surface area (Å²) in [6.07, 6.45) is 2.40. The highest BCUT2D eigenvalue weighted by Gasteiger charge is 2.19. The number of aryl methyl sites for hydroxylation is 1. The van der Waals surface area contributed by atoms with Crippen LogP contribution in [0.25, 0.3) is 11.3 Å². The zero-order chi connectivity index (χ0) is 13.8. The number of nitrogens with zero attached hydrogens (tertiary/aromatic N) is 1. The first-order valence-electron chi connectivity index (χ1n) is 6.03. The van der Waals surface area contributed by atoms with Crippen molar-refractivity contribution in [2.45, 2.75) is 13.3 Å². The maximum Gasteiger partial charge on any atom is 0.342 e. The van der Waals surface area contributed by atoms with Crippen LogP contribution in [0.1, 0.15) is 22.8 Å². The molecule has 0 fully saturated rings. The Kier molecular flexibility index (Phi) is 3.80. The van der Waals surface area contributed by atoms with Gasteiger partial charge in [0, 0.05) is 11.8 Å². The van der Waals surface area contributed by atoms with Crippen molar-refractivity contribution in [3.8, 4) is 17.0 Å². The number of rotatable bonds is 3. The van der Waals surface area contributed by atoms with Crippen molar-refractivity contribution in [3.05, 3.63) is 47.7 Å². The van der Waals surface area contributed by atoms with Gasteiger partial charge in [0.1, 0.15) is 11.3 Å². The lowest BCUT2D eigenvalue weighted by atomic mass is 9.98. The minimum Gasteiger partial charge on any atom is -0.507 e. The summed E-state index contributed by atoms with van der Waals surface area (Å²) < 4.78 is 4.73. The molecule has 0 amide bonds. The SMILES string of the molecule is CCc1cc(O)c(C(=O)OC)c(-c2ccccn2)c1. The quantitative estimate of drug-likeness (QED) is 0.859. The zero-order valence-corrected chi connectivity index (χ0v) is 10.9. The summed E-state index contributed by atoms with van der Waals surface area (Å²) in [4.78, 5) is 16.0. The first-order valence-corrected chi connectivity index (χ1v) is 6.03. The molecule has 2 rings (SSSR count). The van der Waals surface area contributed by atoms with Gasteiger partial charge in [-0.2, -0.15) is 0 Å². The lowest BCUT2D eigenvalue weighted by Gasteiger charge is -2.11. The van der Waals surface area contributed by atoms with Crippen molar-refractivity contribution in [2.75, 3.05) is 7.11 Å². The first-order chi connectivity index (χ1) is 9.17. The van der Waals surface area contributed by atoms with Crippen molar-refractivity contribution < 1.29 is 14.6 Å². The minimum atomic E-state index is -0.569. The number of carbonyl (C=O) groups excluding carboxylic acids is 1. The van der Waals surface area contributed by atoms with Gasteiger partial charge in [-0.25, -0.2) is 4.79 Å². The number of benzene rings is 1. The Balaban J connectivity index is 2.69. The number of methoxy groups -OCH3 is 1. The number of hydrogen-bond acceptors (Lipinski definition) is 4. The van der Waals surface area contributed by atoms with Gasteiger partial charge in [-0.05, 0) is 36.2 Å². The van der Waals surface area contributed by atoms with Gasteiger partial charge in [0.2, 0.25) is 0 Å². The van der Waals surface area contributed by atoms with Gasteiger partial charge in [0.15, 0.2) is 0 Å². The van der Waals surface area contributed by atoms with Gasteiger partial charge in [0.05, 0.1) is 12.8 Å². The van der Waals surface area contributed by atoms with Crippen LogP contribution in [0.15, 0.2) is 36.5 Å². The molecule has 1 aromatic carbocycles. The number of esters is 1. The van der Waals surface area contributed by atoms with Crippen molar-refractivity contribution in [1.82, 2.24) is 4.98 Å². The van der Waals surface area contributed by atoms with Crippen LogP contribution in [0, 0.1) is 0 Å². The Labute approximate surface area is 111 Å². The topological polar surface area (TPSA) is 59.4 Å². The van der Waals surface area contributed by atoms with E-state index in [0.717, 1.165) is 12.0 Å². The fourth-order valence-corrected chi connectivity index (χ4v) is 1.93. The summed E-state index contributed by atoms with van der Waals surface area (Å²) in [5, 5.41) is 10.0. The Bertz CT molecular complexity index is 594. The summed E-state index contributed by atoms with van der Waals surface area (Å²) >= 11 is 0. The van der Waals surface area contributed by atoms with Gasteiger partial charge in [-0.15, -0.1) is 0 Å². The third-order valence-electron chi connectivity index (χ3n) is 2.92. The molecule has 0 aliphatic carbocycles. The van der Waals surface area contributed by atoms with E-state index in [2.05, 4.69) is 4.98 Å². The van der Waals surface area contributed by atoms with Crippen molar-refractivity contribution in [1.29, 1.82) is 0 Å². The molecule has 2 aromatic rings. The Morgan fingerprint density at radius 2 is 2.16 bits per heavy atom. The highest BCUT2D eigenvalue weighted by molar-refractivity contribution is 5.99. The number of phenols is 1. The summed E-state index contributed by atoms with van der Waals surface area (Å²) in [7, 11) is 1.29. The fourth-order valence-electron chi connectivity index (χ4n) is 1.93. The lowest BCUT2D eigenvalue weighted by molar-refractivity contribution is 0.0598. The number of phenolic OH excluding ortho intramolecular Hbond substituents is 1. The number of pyridine rings is 1. The van der Waals surface area contributed by atoms with Crippen LogP contribution in [0.2, 0.25) is 0 Å². The van der Waals surface area contributed by atoms with Gasteiger partial charge >= 0.3 is 5.97 Å². The first kappa shape index (κ1) is 13.1. The third-order valence-corrected chi connectivity index (χ3v) is 2.92. The molecule has 0 aliphatic rings. The molecule has 4 heteroatoms. The highest BCUT2D eigenvalue weighted by Crippen LogP contribution is 2.31. The molecule has 0 aliphatic heterocycles. The third kappa shape index (κ3) is 2.57. The van der Waals surface area contributed by atoms with E-state index in [1.54, 1.807) is 24.4 Å². The van der Waals surface area contributed by atoms with Crippen LogP contribution in [0.5, 0.6) is 5.75 Å². The van der Waals surface area contributed by atoms with E-state index in [-0.39, 0.29) is 11.3 Å². The average molecular weight is 257 g/mol. The van der Waals surface area contributed by atoms with E-state index in [1.165, 1.54) is 7.11 Å². The van der Waals surface area contributed by atoms with Crippen molar-refractivity contribution in [3.63, 3.8) is 0 Å². The molecular formula is C15H15NO3. The predicted molar refractivity (Wildman–Crippen MR) is 72.1 cm³/mol. The molecule has 1 N–H and O–H groups in total. The van der Waals surface area contributed by atoms with Gasteiger partial charge < -0.3 is 9.84 Å². The van der Waals surface area contributed by atoms with Crippen molar-refractivity contribution in [2.24, 2.45) is 0 Å². The molecular weight excluding hydrogens is 242 g/mol. The van der Waals surface area contributed by atoms with Crippen LogP contribution in [-0.4, -0.2) is 23.2 Å². The molecule has 0 radical (unpaired) electrons. The van der Waals surface area contributed by atoms with Crippen LogP contribution < -0.4 is 0 Å². The minimum absolute atomic E-state index is 0.0770. The van der Waals surface area contributed by atoms with Crippen LogP contribution in [0.4, 0.5) is 0 Å². The van der Waals surface area contributed by atoms with Crippen molar-refractivity contribution >= 4 is 5.97 Å². The molecule has 4 nitrogen and oxygen atoms in total. The predicted octanol–water partition coefficient (Wildman–Crippen LogP) is 2.80. The largest absolute Gasteiger partial charge is 0.507 e. The monoisotopic (exact) mass is 257 g/mol. The van der Waals surface area contributed by atoms with E-state index < -0.39 is 5.97 Å². The molecule has 0 saturated heterocycles. The van der Waals surface area contributed by atoms with Gasteiger partial charge in [-0.1, -0.05) is 13.0 Å². The number of hydrogen-bond donors (Lipinski definition) is 1. The van der Waals surface area contributed by atoms with Crippen LogP contribution >= 0.6 is 0 Å². The Morgan fingerprint density at radius 1 is 1.37 bits per heavy atom. The average Bonchev–Trinajstić information content (AvgIpc) is 2.46. The normalized spacial score (nSPS) is 10.2. The Morgan fingerprint density at radius 3 is 2.74 bits per heavy atom. The summed E-state index contributed by atoms with van der Waals surface area (Å²) in [6.45, 7) is 1.98. The zero-order valence-electron chi connectivity index (χ0n) is 10.9. The van der Waals surface area contributed by atoms with Crippen LogP contribution in [-0.2, 0) is 11.2 Å². The number of aromatic nitrogens is 1. The van der Waals surface area contributed by atoms with E-state index >= 15 is 0 Å². The molecule has 0 saturated carbocycles. The molecule has 1 heterocycles. The molecule has 0 unspecified atom stereocenters. The molecule has 0 bridgehead atoms. The molecule has 19 heavy (non-hydrogen) atoms. The van der Waals surface area contributed by atoms with E-state index in [0.29, 0.717) is 11.3 Å². The molecule has 1 aromatic heterocycles. The van der Waals surface area contributed by atoms with E-state index in [9.17, 15) is 9.90 Å². The standard InChI is InChI=1S/C15H15NO3/c1-3-10-8-11(12-6-4-5-7-16-12)14(13(17)9-10)15(18)19-2/h4-9,17H,3H2,1-2H3. The Hall–Kier alpha value is -2.36. The maximum absolute atomic E-state index is 11.8. The summed E-state index contributed by atoms with van der Waals surface area (Å²) in [5.74, 6) is -0.646. The molecule has 0 atom stereocenters. The number of ether oxygens (including phenoxy) is 1. The highest BCUT2D eigenvalue weighted by atomic mass is 16.5. The summed E-state index contributed by atoms with van der Waals surface area (Å²) in [5.41, 5.74) is 2.31. The van der Waals surface area contributed by atoms with Crippen LogP contribution in [0.3, 0.4) is 0 Å². The fraction of sp³-hybridized carbons (Fsp3) is 0.200. The van der Waals surface area contributed by atoms with E-state index in [1.807, 2.05) is 19.1 Å². The second-order valence-corrected chi connectivity index (χ2v) is 4.10. The molecule has 98 valence electrons. The summed E-state index contributed by atoms with van der Waals surface area (Å²) in [6, 6.07) is 8.86. The van der Waals surface area contributed by atoms with Gasteiger partial charge in [-0.3, -0.25) is 4.98 Å². The smallest absolute Gasteiger partial charge is 0.342 e.